The smallest absolute Gasteiger partial charge is 0.407 e. The van der Waals surface area contributed by atoms with E-state index in [0.717, 1.165) is 16.7 Å². The molecule has 2 aromatic carbocycles. The molecule has 3 N–H and O–H groups in total. The van der Waals surface area contributed by atoms with E-state index >= 15 is 0 Å². The molecule has 6 atom stereocenters. The number of carbonyl (C=O) groups excluding carboxylic acids is 3. The fourth-order valence-electron chi connectivity index (χ4n) is 5.97. The number of ether oxygens (including phenoxy) is 4. The van der Waals surface area contributed by atoms with E-state index in [-0.39, 0.29) is 37.0 Å². The highest BCUT2D eigenvalue weighted by atomic mass is 32.2. The molecule has 0 radical (unpaired) electrons. The van der Waals surface area contributed by atoms with Crippen molar-refractivity contribution in [3.05, 3.63) is 65.2 Å². The minimum Gasteiger partial charge on any atom is -0.497 e. The summed E-state index contributed by atoms with van der Waals surface area (Å²) in [4.78, 5) is 42.0. The molecule has 12 heteroatoms. The first-order chi connectivity index (χ1) is 21.1. The second-order valence-corrected chi connectivity index (χ2v) is 13.5. The standard InChI is InChI=1S/C32H41N3O8S/c1-19-7-5-6-8-21(19)16-33-28(37)27-32(2,3)44-18-35(27)29(38)26(36)24(15-20-9-11-22(40-4)12-10-20)34-31(39)43-25-17-42-30-23(25)13-14-41-30/h5-12,23-27,30,36H,13-18H2,1-4H3,(H,33,37)(H,34,39)/t23-,24-,25-,26-,27+,30+/m0/s1. The first-order valence-electron chi connectivity index (χ1n) is 14.9. The van der Waals surface area contributed by atoms with E-state index in [1.807, 2.05) is 45.0 Å². The van der Waals surface area contributed by atoms with Gasteiger partial charge >= 0.3 is 6.09 Å². The van der Waals surface area contributed by atoms with E-state index in [0.29, 0.717) is 25.3 Å². The van der Waals surface area contributed by atoms with Crippen LogP contribution in [0, 0.1) is 12.8 Å². The number of amides is 3. The number of thioether (sulfide) groups is 1. The van der Waals surface area contributed by atoms with Crippen LogP contribution in [-0.2, 0) is 36.8 Å². The molecule has 11 nitrogen and oxygen atoms in total. The van der Waals surface area contributed by atoms with Gasteiger partial charge in [-0.2, -0.15) is 0 Å². The van der Waals surface area contributed by atoms with Gasteiger partial charge in [-0.15, -0.1) is 11.8 Å². The van der Waals surface area contributed by atoms with E-state index in [2.05, 4.69) is 10.6 Å². The van der Waals surface area contributed by atoms with Gasteiger partial charge in [-0.1, -0.05) is 36.4 Å². The molecule has 3 heterocycles. The third-order valence-corrected chi connectivity index (χ3v) is 9.96. The van der Waals surface area contributed by atoms with E-state index in [9.17, 15) is 19.5 Å². The highest BCUT2D eigenvalue weighted by Crippen LogP contribution is 2.40. The predicted molar refractivity (Wildman–Crippen MR) is 164 cm³/mol. The molecule has 0 bridgehead atoms. The molecule has 3 amide bonds. The molecule has 5 rings (SSSR count). The lowest BCUT2D eigenvalue weighted by Gasteiger charge is -2.33. The van der Waals surface area contributed by atoms with Gasteiger partial charge in [0.25, 0.3) is 5.91 Å². The number of alkyl carbamates (subject to hydrolysis) is 1. The summed E-state index contributed by atoms with van der Waals surface area (Å²) in [5.41, 5.74) is 2.79. The van der Waals surface area contributed by atoms with Crippen molar-refractivity contribution in [3.8, 4) is 5.75 Å². The first kappa shape index (κ1) is 32.1. The lowest BCUT2D eigenvalue weighted by atomic mass is 9.97. The van der Waals surface area contributed by atoms with Crippen molar-refractivity contribution in [2.75, 3.05) is 26.2 Å². The third-order valence-electron chi connectivity index (χ3n) is 8.59. The zero-order valence-corrected chi connectivity index (χ0v) is 26.3. The van der Waals surface area contributed by atoms with Crippen LogP contribution >= 0.6 is 11.8 Å². The Morgan fingerprint density at radius 1 is 1.14 bits per heavy atom. The number of carbonyl (C=O) groups is 3. The molecule has 3 aliphatic rings. The van der Waals surface area contributed by atoms with Gasteiger partial charge in [0, 0.05) is 11.3 Å². The molecule has 44 heavy (non-hydrogen) atoms. The van der Waals surface area contributed by atoms with Gasteiger partial charge in [-0.05, 0) is 62.4 Å². The van der Waals surface area contributed by atoms with E-state index < -0.39 is 41.0 Å². The Morgan fingerprint density at radius 2 is 1.89 bits per heavy atom. The Kier molecular flexibility index (Phi) is 10.0. The molecular formula is C32H41N3O8S. The van der Waals surface area contributed by atoms with E-state index in [1.54, 1.807) is 31.4 Å². The van der Waals surface area contributed by atoms with Crippen LogP contribution in [0.3, 0.4) is 0 Å². The normalized spacial score (nSPS) is 25.2. The molecule has 238 valence electrons. The van der Waals surface area contributed by atoms with Crippen molar-refractivity contribution in [2.24, 2.45) is 5.92 Å². The van der Waals surface area contributed by atoms with E-state index in [4.69, 9.17) is 18.9 Å². The number of fused-ring (bicyclic) bond motifs is 1. The lowest BCUT2D eigenvalue weighted by molar-refractivity contribution is -0.147. The number of methoxy groups -OCH3 is 1. The summed E-state index contributed by atoms with van der Waals surface area (Å²) < 4.78 is 21.4. The van der Waals surface area contributed by atoms with Gasteiger partial charge in [0.1, 0.15) is 17.9 Å². The van der Waals surface area contributed by atoms with Crippen molar-refractivity contribution in [1.29, 1.82) is 0 Å². The van der Waals surface area contributed by atoms with Gasteiger partial charge in [-0.25, -0.2) is 4.79 Å². The number of rotatable bonds is 10. The minimum absolute atomic E-state index is 0.0601. The summed E-state index contributed by atoms with van der Waals surface area (Å²) in [6, 6.07) is 13.0. The van der Waals surface area contributed by atoms with Gasteiger partial charge in [0.2, 0.25) is 5.91 Å². The van der Waals surface area contributed by atoms with Crippen molar-refractivity contribution < 1.29 is 38.4 Å². The number of hydrogen-bond donors (Lipinski definition) is 3. The predicted octanol–water partition coefficient (Wildman–Crippen LogP) is 2.76. The molecule has 3 fully saturated rings. The molecule has 0 aromatic heterocycles. The molecule has 0 spiro atoms. The Hall–Kier alpha value is -3.32. The van der Waals surface area contributed by atoms with Crippen molar-refractivity contribution >= 4 is 29.7 Å². The molecular weight excluding hydrogens is 586 g/mol. The van der Waals surface area contributed by atoms with Gasteiger partial charge in [0.15, 0.2) is 12.4 Å². The molecule has 2 aromatic rings. The number of aliphatic hydroxyl groups is 1. The number of nitrogens with zero attached hydrogens (tertiary/aromatic N) is 1. The summed E-state index contributed by atoms with van der Waals surface area (Å²) in [6.07, 6.45) is -2.44. The number of aryl methyl sites for hydroxylation is 1. The van der Waals surface area contributed by atoms with Crippen LogP contribution in [0.15, 0.2) is 48.5 Å². The maximum Gasteiger partial charge on any atom is 0.407 e. The second-order valence-electron chi connectivity index (χ2n) is 11.9. The quantitative estimate of drug-likeness (QED) is 0.363. The highest BCUT2D eigenvalue weighted by molar-refractivity contribution is 8.00. The largest absolute Gasteiger partial charge is 0.497 e. The van der Waals surface area contributed by atoms with Crippen LogP contribution in [0.1, 0.15) is 37.0 Å². The summed E-state index contributed by atoms with van der Waals surface area (Å²) in [5.74, 6) is -0.147. The summed E-state index contributed by atoms with van der Waals surface area (Å²) in [6.45, 7) is 6.86. The third kappa shape index (κ3) is 7.14. The number of hydrogen-bond acceptors (Lipinski definition) is 9. The Labute approximate surface area is 261 Å². The minimum atomic E-state index is -1.65. The lowest BCUT2D eigenvalue weighted by Crippen LogP contribution is -2.58. The molecule has 0 aliphatic carbocycles. The first-order valence-corrected chi connectivity index (χ1v) is 15.8. The number of aliphatic hydroxyl groups excluding tert-OH is 1. The fourth-order valence-corrected chi connectivity index (χ4v) is 7.11. The number of nitrogens with one attached hydrogen (secondary N) is 2. The maximum absolute atomic E-state index is 13.9. The maximum atomic E-state index is 13.9. The van der Waals surface area contributed by atoms with Crippen LogP contribution in [0.4, 0.5) is 4.79 Å². The van der Waals surface area contributed by atoms with Crippen LogP contribution in [-0.4, -0.2) is 89.4 Å². The van der Waals surface area contributed by atoms with Crippen LogP contribution in [0.25, 0.3) is 0 Å². The van der Waals surface area contributed by atoms with E-state index in [1.165, 1.54) is 16.7 Å². The zero-order chi connectivity index (χ0) is 31.4. The monoisotopic (exact) mass is 627 g/mol. The average Bonchev–Trinajstić information content (AvgIpc) is 3.71. The summed E-state index contributed by atoms with van der Waals surface area (Å²) in [5, 5.41) is 17.2. The molecule has 0 unspecified atom stereocenters. The number of benzene rings is 2. The van der Waals surface area contributed by atoms with Crippen molar-refractivity contribution in [3.63, 3.8) is 0 Å². The Balaban J connectivity index is 1.31. The summed E-state index contributed by atoms with van der Waals surface area (Å²) >= 11 is 1.46. The second kappa shape index (κ2) is 13.8. The fraction of sp³-hybridized carbons (Fsp3) is 0.531. The van der Waals surface area contributed by atoms with Crippen LogP contribution < -0.4 is 15.4 Å². The highest BCUT2D eigenvalue weighted by Gasteiger charge is 2.50. The average molecular weight is 628 g/mol. The molecule has 0 saturated carbocycles. The van der Waals surface area contributed by atoms with Crippen LogP contribution in [0.5, 0.6) is 5.75 Å². The van der Waals surface area contributed by atoms with Gasteiger partial charge < -0.3 is 39.6 Å². The Morgan fingerprint density at radius 3 is 2.61 bits per heavy atom. The Bertz CT molecular complexity index is 1340. The molecule has 3 aliphatic heterocycles. The van der Waals surface area contributed by atoms with Crippen molar-refractivity contribution in [1.82, 2.24) is 15.5 Å². The molecule has 3 saturated heterocycles. The zero-order valence-electron chi connectivity index (χ0n) is 25.5. The summed E-state index contributed by atoms with van der Waals surface area (Å²) in [7, 11) is 1.56. The SMILES string of the molecule is COc1ccc(C[C@H](NC(=O)O[C@H]2CO[C@H]3OCC[C@H]32)[C@H](O)C(=O)N2CSC(C)(C)[C@H]2C(=O)NCc2ccccc2C)cc1. The topological polar surface area (TPSA) is 136 Å². The van der Waals surface area contributed by atoms with Crippen LogP contribution in [0.2, 0.25) is 0 Å². The van der Waals surface area contributed by atoms with Gasteiger partial charge in [0.05, 0.1) is 38.2 Å². The van der Waals surface area contributed by atoms with Crippen molar-refractivity contribution in [2.45, 2.75) is 75.5 Å². The van der Waals surface area contributed by atoms with Gasteiger partial charge in [-0.3, -0.25) is 9.59 Å².